The molecule has 0 bridgehead atoms. The van der Waals surface area contributed by atoms with E-state index in [1.807, 2.05) is 56.3 Å². The van der Waals surface area contributed by atoms with Crippen LogP contribution in [0, 0.1) is 0 Å². The van der Waals surface area contributed by atoms with Gasteiger partial charge in [-0.05, 0) is 38.1 Å². The average Bonchev–Trinajstić information content (AvgIpc) is 3.11. The molecule has 0 atom stereocenters. The molecule has 0 saturated heterocycles. The first-order valence-corrected chi connectivity index (χ1v) is 8.56. The van der Waals surface area contributed by atoms with E-state index in [2.05, 4.69) is 25.8 Å². The Morgan fingerprint density at radius 1 is 1.04 bits per heavy atom. The topological polar surface area (TPSA) is 90.4 Å². The van der Waals surface area contributed by atoms with Gasteiger partial charge in [0.1, 0.15) is 5.75 Å². The van der Waals surface area contributed by atoms with Gasteiger partial charge in [0.25, 0.3) is 0 Å². The molecule has 2 heterocycles. The number of nitrogens with one attached hydrogen (secondary N) is 2. The predicted octanol–water partition coefficient (Wildman–Crippen LogP) is 3.87. The van der Waals surface area contributed by atoms with Crippen LogP contribution in [0.4, 0.5) is 23.1 Å². The first kappa shape index (κ1) is 16.9. The van der Waals surface area contributed by atoms with Gasteiger partial charge in [-0.15, -0.1) is 5.10 Å². The molecule has 1 aliphatic rings. The number of anilines is 4. The van der Waals surface area contributed by atoms with Gasteiger partial charge in [0, 0.05) is 11.8 Å². The second-order valence-corrected chi connectivity index (χ2v) is 6.15. The fourth-order valence-corrected chi connectivity index (χ4v) is 2.58. The van der Waals surface area contributed by atoms with Crippen molar-refractivity contribution in [1.29, 1.82) is 0 Å². The number of aromatic nitrogens is 3. The van der Waals surface area contributed by atoms with Crippen LogP contribution in [-0.2, 0) is 0 Å². The minimum atomic E-state index is 0.0692. The number of rotatable bonds is 6. The zero-order valence-electron chi connectivity index (χ0n) is 15.0. The van der Waals surface area contributed by atoms with Gasteiger partial charge in [-0.2, -0.15) is 10.1 Å². The molecule has 2 N–H and O–H groups in total. The quantitative estimate of drug-likeness (QED) is 0.680. The first-order chi connectivity index (χ1) is 13.2. The normalized spacial score (nSPS) is 12.1. The van der Waals surface area contributed by atoms with Gasteiger partial charge in [0.15, 0.2) is 17.3 Å². The van der Waals surface area contributed by atoms with Gasteiger partial charge < -0.3 is 24.8 Å². The number of hydrogen-bond acceptors (Lipinski definition) is 8. The van der Waals surface area contributed by atoms with Crippen molar-refractivity contribution >= 4 is 23.1 Å². The molecule has 8 heteroatoms. The Hall–Kier alpha value is -3.55. The Morgan fingerprint density at radius 3 is 2.78 bits per heavy atom. The lowest BCUT2D eigenvalue weighted by atomic mass is 10.3. The maximum atomic E-state index is 5.82. The fraction of sp³-hybridized carbons (Fsp3) is 0.211. The largest absolute Gasteiger partial charge is 0.489 e. The molecule has 1 aliphatic heterocycles. The maximum Gasteiger partial charge on any atom is 0.249 e. The molecule has 0 spiro atoms. The van der Waals surface area contributed by atoms with Crippen LogP contribution in [0.2, 0.25) is 0 Å². The van der Waals surface area contributed by atoms with Crippen LogP contribution in [0.5, 0.6) is 17.2 Å². The molecule has 0 fully saturated rings. The molecule has 0 unspecified atom stereocenters. The van der Waals surface area contributed by atoms with E-state index in [-0.39, 0.29) is 12.9 Å². The Labute approximate surface area is 156 Å². The average molecular weight is 365 g/mol. The van der Waals surface area contributed by atoms with Gasteiger partial charge in [-0.1, -0.05) is 12.1 Å². The summed E-state index contributed by atoms with van der Waals surface area (Å²) in [6.07, 6.45) is 1.62. The van der Waals surface area contributed by atoms with E-state index >= 15 is 0 Å². The van der Waals surface area contributed by atoms with Crippen LogP contribution < -0.4 is 24.8 Å². The van der Waals surface area contributed by atoms with Gasteiger partial charge in [-0.3, -0.25) is 0 Å². The van der Waals surface area contributed by atoms with Crippen molar-refractivity contribution in [2.45, 2.75) is 20.0 Å². The third kappa shape index (κ3) is 4.00. The SMILES string of the molecule is CC(C)Oc1ccccc1Nc1cnnc(Nc2ccc3c(c2)OCO3)n1. The molecule has 8 nitrogen and oxygen atoms in total. The Morgan fingerprint density at radius 2 is 1.89 bits per heavy atom. The highest BCUT2D eigenvalue weighted by Crippen LogP contribution is 2.35. The summed E-state index contributed by atoms with van der Waals surface area (Å²) in [6, 6.07) is 13.2. The van der Waals surface area contributed by atoms with E-state index in [1.165, 1.54) is 0 Å². The van der Waals surface area contributed by atoms with E-state index in [1.54, 1.807) is 6.20 Å². The molecule has 0 saturated carbocycles. The molecule has 2 aromatic carbocycles. The fourth-order valence-electron chi connectivity index (χ4n) is 2.58. The van der Waals surface area contributed by atoms with Gasteiger partial charge >= 0.3 is 0 Å². The van der Waals surface area contributed by atoms with Crippen molar-refractivity contribution in [3.63, 3.8) is 0 Å². The van der Waals surface area contributed by atoms with Crippen molar-refractivity contribution < 1.29 is 14.2 Å². The third-order valence-corrected chi connectivity index (χ3v) is 3.70. The van der Waals surface area contributed by atoms with Crippen molar-refractivity contribution in [3.05, 3.63) is 48.7 Å². The molecule has 27 heavy (non-hydrogen) atoms. The molecular formula is C19H19N5O3. The lowest BCUT2D eigenvalue weighted by molar-refractivity contribution is 0.174. The van der Waals surface area contributed by atoms with Crippen LogP contribution >= 0.6 is 0 Å². The summed E-state index contributed by atoms with van der Waals surface area (Å²) in [4.78, 5) is 4.45. The highest BCUT2D eigenvalue weighted by atomic mass is 16.7. The van der Waals surface area contributed by atoms with Crippen molar-refractivity contribution in [3.8, 4) is 17.2 Å². The van der Waals surface area contributed by atoms with Gasteiger partial charge in [0.05, 0.1) is 18.0 Å². The third-order valence-electron chi connectivity index (χ3n) is 3.70. The van der Waals surface area contributed by atoms with E-state index < -0.39 is 0 Å². The number of benzene rings is 2. The van der Waals surface area contributed by atoms with Crippen LogP contribution in [0.25, 0.3) is 0 Å². The summed E-state index contributed by atoms with van der Waals surface area (Å²) in [7, 11) is 0. The number of hydrogen-bond donors (Lipinski definition) is 2. The minimum absolute atomic E-state index is 0.0692. The van der Waals surface area contributed by atoms with Crippen molar-refractivity contribution in [2.24, 2.45) is 0 Å². The lowest BCUT2D eigenvalue weighted by Crippen LogP contribution is -2.08. The highest BCUT2D eigenvalue weighted by Gasteiger charge is 2.14. The molecule has 1 aromatic heterocycles. The molecule has 0 aliphatic carbocycles. The van der Waals surface area contributed by atoms with E-state index in [0.29, 0.717) is 17.5 Å². The van der Waals surface area contributed by atoms with Crippen LogP contribution in [0.1, 0.15) is 13.8 Å². The van der Waals surface area contributed by atoms with Crippen LogP contribution in [0.15, 0.2) is 48.7 Å². The van der Waals surface area contributed by atoms with Crippen LogP contribution in [-0.4, -0.2) is 28.1 Å². The smallest absolute Gasteiger partial charge is 0.249 e. The molecule has 138 valence electrons. The summed E-state index contributed by atoms with van der Waals surface area (Å²) < 4.78 is 16.5. The van der Waals surface area contributed by atoms with Gasteiger partial charge in [0.2, 0.25) is 12.7 Å². The zero-order chi connectivity index (χ0) is 18.6. The number of nitrogens with zero attached hydrogens (tertiary/aromatic N) is 3. The summed E-state index contributed by atoms with van der Waals surface area (Å²) in [6.45, 7) is 4.20. The Bertz CT molecular complexity index is 948. The first-order valence-electron chi connectivity index (χ1n) is 8.56. The Kier molecular flexibility index (Phi) is 4.61. The zero-order valence-corrected chi connectivity index (χ0v) is 15.0. The number of fused-ring (bicyclic) bond motifs is 1. The van der Waals surface area contributed by atoms with E-state index in [9.17, 15) is 0 Å². The molecule has 0 amide bonds. The van der Waals surface area contributed by atoms with Crippen LogP contribution in [0.3, 0.4) is 0 Å². The van der Waals surface area contributed by atoms with Gasteiger partial charge in [-0.25, -0.2) is 0 Å². The lowest BCUT2D eigenvalue weighted by Gasteiger charge is -2.15. The van der Waals surface area contributed by atoms with E-state index in [4.69, 9.17) is 14.2 Å². The molecule has 3 aromatic rings. The predicted molar refractivity (Wildman–Crippen MR) is 101 cm³/mol. The summed E-state index contributed by atoms with van der Waals surface area (Å²) in [5, 5.41) is 14.4. The summed E-state index contributed by atoms with van der Waals surface area (Å²) in [5.41, 5.74) is 1.59. The monoisotopic (exact) mass is 365 g/mol. The number of para-hydroxylation sites is 2. The molecular weight excluding hydrogens is 346 g/mol. The minimum Gasteiger partial charge on any atom is -0.489 e. The highest BCUT2D eigenvalue weighted by molar-refractivity contribution is 5.65. The number of ether oxygens (including phenoxy) is 3. The summed E-state index contributed by atoms with van der Waals surface area (Å²) >= 11 is 0. The second kappa shape index (κ2) is 7.36. The molecule has 0 radical (unpaired) electrons. The Balaban J connectivity index is 1.51. The molecule has 4 rings (SSSR count). The van der Waals surface area contributed by atoms with Crippen molar-refractivity contribution in [1.82, 2.24) is 15.2 Å². The van der Waals surface area contributed by atoms with Crippen molar-refractivity contribution in [2.75, 3.05) is 17.4 Å². The maximum absolute atomic E-state index is 5.82. The standard InChI is InChI=1S/C19H19N5O3/c1-12(2)27-15-6-4-3-5-14(15)22-18-10-20-24-19(23-18)21-13-7-8-16-17(9-13)26-11-25-16/h3-10,12H,11H2,1-2H3,(H2,21,22,23,24). The second-order valence-electron chi connectivity index (χ2n) is 6.15. The summed E-state index contributed by atoms with van der Waals surface area (Å²) in [5.74, 6) is 3.06. The van der Waals surface area contributed by atoms with E-state index in [0.717, 1.165) is 22.9 Å².